The molecule has 1 aliphatic heterocycles. The van der Waals surface area contributed by atoms with Crippen molar-refractivity contribution in [1.29, 1.82) is 0 Å². The van der Waals surface area contributed by atoms with Crippen LogP contribution in [0.5, 0.6) is 5.75 Å². The fraction of sp³-hybridized carbons (Fsp3) is 0.308. The molecule has 0 aliphatic carbocycles. The molecule has 4 rings (SSSR count). The maximum absolute atomic E-state index is 14.7. The lowest BCUT2D eigenvalue weighted by Gasteiger charge is -2.26. The second kappa shape index (κ2) is 11.7. The van der Waals surface area contributed by atoms with Crippen LogP contribution >= 0.6 is 0 Å². The molecule has 2 N–H and O–H groups in total. The largest absolute Gasteiger partial charge is 0.491 e. The quantitative estimate of drug-likeness (QED) is 0.507. The van der Waals surface area contributed by atoms with E-state index in [9.17, 15) is 13.6 Å². The van der Waals surface area contributed by atoms with E-state index in [1.54, 1.807) is 36.4 Å². The number of piperazine rings is 1. The van der Waals surface area contributed by atoms with Gasteiger partial charge in [0.05, 0.1) is 12.6 Å². The van der Waals surface area contributed by atoms with Gasteiger partial charge in [0.15, 0.2) is 5.82 Å². The van der Waals surface area contributed by atoms with Crippen molar-refractivity contribution in [2.45, 2.75) is 13.0 Å². The fourth-order valence-electron chi connectivity index (χ4n) is 3.81. The number of carbonyl (C=O) groups is 1. The fourth-order valence-corrected chi connectivity index (χ4v) is 3.81. The highest BCUT2D eigenvalue weighted by molar-refractivity contribution is 5.78. The third-order valence-electron chi connectivity index (χ3n) is 5.67. The van der Waals surface area contributed by atoms with Crippen LogP contribution in [0.3, 0.4) is 0 Å². The van der Waals surface area contributed by atoms with Gasteiger partial charge in [0.1, 0.15) is 23.9 Å². The maximum Gasteiger partial charge on any atom is 0.224 e. The van der Waals surface area contributed by atoms with Gasteiger partial charge in [0.2, 0.25) is 5.91 Å². The Morgan fingerprint density at radius 3 is 2.59 bits per heavy atom. The highest BCUT2D eigenvalue weighted by Crippen LogP contribution is 2.24. The Morgan fingerprint density at radius 1 is 1.06 bits per heavy atom. The molecule has 34 heavy (non-hydrogen) atoms. The molecule has 1 aliphatic rings. The van der Waals surface area contributed by atoms with E-state index in [1.165, 1.54) is 24.4 Å². The van der Waals surface area contributed by atoms with Gasteiger partial charge in [-0.1, -0.05) is 36.4 Å². The number of halogens is 2. The van der Waals surface area contributed by atoms with Gasteiger partial charge >= 0.3 is 0 Å². The molecule has 2 heterocycles. The van der Waals surface area contributed by atoms with Crippen molar-refractivity contribution >= 4 is 5.91 Å². The van der Waals surface area contributed by atoms with E-state index in [2.05, 4.69) is 20.5 Å². The van der Waals surface area contributed by atoms with Crippen LogP contribution in [0.15, 0.2) is 60.8 Å². The molecule has 8 heteroatoms. The van der Waals surface area contributed by atoms with Crippen molar-refractivity contribution in [2.75, 3.05) is 39.3 Å². The first-order valence-corrected chi connectivity index (χ1v) is 11.4. The Hall–Kier alpha value is -3.36. The van der Waals surface area contributed by atoms with E-state index in [1.807, 2.05) is 0 Å². The van der Waals surface area contributed by atoms with E-state index in [4.69, 9.17) is 4.74 Å². The molecule has 178 valence electrons. The summed E-state index contributed by atoms with van der Waals surface area (Å²) in [5.74, 6) is -0.565. The van der Waals surface area contributed by atoms with Crippen LogP contribution in [0.2, 0.25) is 0 Å². The Labute approximate surface area is 198 Å². The molecular weight excluding hydrogens is 438 g/mol. The van der Waals surface area contributed by atoms with Crippen molar-refractivity contribution in [3.63, 3.8) is 0 Å². The number of nitrogens with zero attached hydrogens (tertiary/aromatic N) is 2. The highest BCUT2D eigenvalue weighted by atomic mass is 19.1. The topological polar surface area (TPSA) is 66.5 Å². The van der Waals surface area contributed by atoms with E-state index >= 15 is 0 Å². The lowest BCUT2D eigenvalue weighted by atomic mass is 10.1. The van der Waals surface area contributed by atoms with Gasteiger partial charge in [-0.25, -0.2) is 13.8 Å². The smallest absolute Gasteiger partial charge is 0.224 e. The van der Waals surface area contributed by atoms with Crippen molar-refractivity contribution in [3.05, 3.63) is 83.6 Å². The Morgan fingerprint density at radius 2 is 1.85 bits per heavy atom. The second-order valence-electron chi connectivity index (χ2n) is 8.22. The second-order valence-corrected chi connectivity index (χ2v) is 8.22. The molecule has 1 saturated heterocycles. The van der Waals surface area contributed by atoms with Crippen LogP contribution in [0.25, 0.3) is 11.3 Å². The first-order chi connectivity index (χ1) is 16.6. The van der Waals surface area contributed by atoms with Gasteiger partial charge in [0.25, 0.3) is 0 Å². The maximum atomic E-state index is 14.7. The average molecular weight is 467 g/mol. The minimum atomic E-state index is -0.458. The summed E-state index contributed by atoms with van der Waals surface area (Å²) >= 11 is 0. The predicted octanol–water partition coefficient (Wildman–Crippen LogP) is 3.17. The summed E-state index contributed by atoms with van der Waals surface area (Å²) in [6.07, 6.45) is 1.70. The first kappa shape index (κ1) is 23.8. The van der Waals surface area contributed by atoms with Gasteiger partial charge in [-0.05, 0) is 23.3 Å². The summed E-state index contributed by atoms with van der Waals surface area (Å²) in [6, 6.07) is 14.5. The molecule has 0 atom stereocenters. The van der Waals surface area contributed by atoms with E-state index in [-0.39, 0.29) is 30.4 Å². The van der Waals surface area contributed by atoms with Gasteiger partial charge in [-0.15, -0.1) is 0 Å². The SMILES string of the molecule is O=C(Cc1ccc(-c2ncc(OCCN3CCNCC3)cc2F)cc1)NCc1cccc(F)c1. The Bertz CT molecular complexity index is 1100. The van der Waals surface area contributed by atoms with Gasteiger partial charge in [-0.3, -0.25) is 9.69 Å². The number of rotatable bonds is 9. The molecule has 1 aromatic heterocycles. The van der Waals surface area contributed by atoms with Crippen molar-refractivity contribution in [3.8, 4) is 17.0 Å². The van der Waals surface area contributed by atoms with E-state index < -0.39 is 5.82 Å². The van der Waals surface area contributed by atoms with Crippen LogP contribution < -0.4 is 15.4 Å². The number of aromatic nitrogens is 1. The number of hydrogen-bond acceptors (Lipinski definition) is 5. The lowest BCUT2D eigenvalue weighted by molar-refractivity contribution is -0.120. The summed E-state index contributed by atoms with van der Waals surface area (Å²) in [4.78, 5) is 18.8. The number of amides is 1. The molecular formula is C26H28F2N4O2. The van der Waals surface area contributed by atoms with Crippen molar-refractivity contribution in [2.24, 2.45) is 0 Å². The third kappa shape index (κ3) is 6.82. The molecule has 0 radical (unpaired) electrons. The van der Waals surface area contributed by atoms with E-state index in [0.717, 1.165) is 38.3 Å². The summed E-state index contributed by atoms with van der Waals surface area (Å²) in [6.45, 7) is 5.46. The number of pyridine rings is 1. The van der Waals surface area contributed by atoms with Crippen molar-refractivity contribution in [1.82, 2.24) is 20.5 Å². The van der Waals surface area contributed by atoms with E-state index in [0.29, 0.717) is 23.5 Å². The zero-order valence-corrected chi connectivity index (χ0v) is 18.9. The van der Waals surface area contributed by atoms with Crippen LogP contribution in [0.4, 0.5) is 8.78 Å². The molecule has 1 amide bonds. The van der Waals surface area contributed by atoms with Gasteiger partial charge < -0.3 is 15.4 Å². The average Bonchev–Trinajstić information content (AvgIpc) is 2.84. The molecule has 6 nitrogen and oxygen atoms in total. The monoisotopic (exact) mass is 466 g/mol. The van der Waals surface area contributed by atoms with Crippen LogP contribution in [-0.2, 0) is 17.8 Å². The number of hydrogen-bond donors (Lipinski definition) is 2. The molecule has 2 aromatic carbocycles. The van der Waals surface area contributed by atoms with Crippen LogP contribution in [0.1, 0.15) is 11.1 Å². The normalized spacial score (nSPS) is 14.1. The molecule has 0 spiro atoms. The zero-order valence-electron chi connectivity index (χ0n) is 18.9. The lowest BCUT2D eigenvalue weighted by Crippen LogP contribution is -2.44. The molecule has 1 fully saturated rings. The number of nitrogens with one attached hydrogen (secondary N) is 2. The number of ether oxygens (including phenoxy) is 1. The van der Waals surface area contributed by atoms with Gasteiger partial charge in [0, 0.05) is 50.9 Å². The summed E-state index contributed by atoms with van der Waals surface area (Å²) in [7, 11) is 0. The summed E-state index contributed by atoms with van der Waals surface area (Å²) in [5.41, 5.74) is 2.33. The minimum absolute atomic E-state index is 0.172. The Kier molecular flexibility index (Phi) is 8.17. The minimum Gasteiger partial charge on any atom is -0.491 e. The Balaban J connectivity index is 1.28. The van der Waals surface area contributed by atoms with Gasteiger partial charge in [-0.2, -0.15) is 0 Å². The molecule has 3 aromatic rings. The number of benzene rings is 2. The molecule has 0 saturated carbocycles. The molecule has 0 unspecified atom stereocenters. The van der Waals surface area contributed by atoms with Crippen molar-refractivity contribution < 1.29 is 18.3 Å². The predicted molar refractivity (Wildman–Crippen MR) is 126 cm³/mol. The van der Waals surface area contributed by atoms with Crippen LogP contribution in [0, 0.1) is 11.6 Å². The summed E-state index contributed by atoms with van der Waals surface area (Å²) < 4.78 is 33.6. The standard InChI is InChI=1S/C26H28F2N4O2/c27-22-3-1-2-20(14-22)17-30-25(33)15-19-4-6-21(7-5-19)26-24(28)16-23(18-31-26)34-13-12-32-10-8-29-9-11-32/h1-7,14,16,18,29H,8-13,15,17H2,(H,30,33). The summed E-state index contributed by atoms with van der Waals surface area (Å²) in [5, 5.41) is 6.08. The third-order valence-corrected chi connectivity index (χ3v) is 5.67. The first-order valence-electron chi connectivity index (χ1n) is 11.4. The van der Waals surface area contributed by atoms with Crippen LogP contribution in [-0.4, -0.2) is 55.1 Å². The zero-order chi connectivity index (χ0) is 23.8. The highest BCUT2D eigenvalue weighted by Gasteiger charge is 2.12. The number of carbonyl (C=O) groups excluding carboxylic acids is 1. The molecule has 0 bridgehead atoms.